The van der Waals surface area contributed by atoms with E-state index >= 15 is 0 Å². The summed E-state index contributed by atoms with van der Waals surface area (Å²) >= 11 is 0. The van der Waals surface area contributed by atoms with Crippen molar-refractivity contribution in [1.29, 1.82) is 0 Å². The molecule has 2 saturated carbocycles. The first-order valence-corrected chi connectivity index (χ1v) is 9.14. The fraction of sp³-hybridized carbons (Fsp3) is 0.941. The summed E-state index contributed by atoms with van der Waals surface area (Å²) in [4.78, 5) is 4.97. The molecular formula is C17H34N4. The molecule has 0 aliphatic heterocycles. The highest BCUT2D eigenvalue weighted by molar-refractivity contribution is 5.80. The zero-order valence-electron chi connectivity index (χ0n) is 13.7. The number of nitrogens with two attached hydrogens (primary N) is 1. The molecular weight excluding hydrogens is 260 g/mol. The van der Waals surface area contributed by atoms with Crippen LogP contribution in [-0.4, -0.2) is 24.2 Å². The van der Waals surface area contributed by atoms with Gasteiger partial charge in [0.15, 0.2) is 5.96 Å². The smallest absolute Gasteiger partial charge is 0.192 e. The molecule has 0 aromatic carbocycles. The monoisotopic (exact) mass is 294 g/mol. The zero-order chi connectivity index (χ0) is 14.9. The lowest BCUT2D eigenvalue weighted by Gasteiger charge is -2.28. The molecule has 4 N–H and O–H groups in total. The van der Waals surface area contributed by atoms with E-state index in [0.717, 1.165) is 18.8 Å². The van der Waals surface area contributed by atoms with Crippen LogP contribution < -0.4 is 16.4 Å². The molecule has 0 radical (unpaired) electrons. The topological polar surface area (TPSA) is 62.4 Å². The quantitative estimate of drug-likeness (QED) is 0.414. The Hall–Kier alpha value is -0.770. The Kier molecular flexibility index (Phi) is 7.34. The maximum absolute atomic E-state index is 6.16. The van der Waals surface area contributed by atoms with E-state index in [0.29, 0.717) is 12.1 Å². The van der Waals surface area contributed by atoms with Crippen LogP contribution in [0.3, 0.4) is 0 Å². The maximum atomic E-state index is 6.16. The van der Waals surface area contributed by atoms with Gasteiger partial charge in [-0.15, -0.1) is 0 Å². The van der Waals surface area contributed by atoms with Gasteiger partial charge in [-0.25, -0.2) is 4.99 Å². The molecule has 4 heteroatoms. The number of rotatable bonds is 5. The van der Waals surface area contributed by atoms with Crippen LogP contribution in [0.4, 0.5) is 0 Å². The lowest BCUT2D eigenvalue weighted by Crippen LogP contribution is -2.51. The lowest BCUT2D eigenvalue weighted by atomic mass is 9.95. The molecule has 0 bridgehead atoms. The predicted molar refractivity (Wildman–Crippen MR) is 90.3 cm³/mol. The van der Waals surface area contributed by atoms with Crippen LogP contribution >= 0.6 is 0 Å². The fourth-order valence-corrected chi connectivity index (χ4v) is 3.51. The van der Waals surface area contributed by atoms with E-state index < -0.39 is 0 Å². The van der Waals surface area contributed by atoms with Crippen LogP contribution in [0.25, 0.3) is 0 Å². The molecule has 21 heavy (non-hydrogen) atoms. The number of nitrogens with zero attached hydrogens (tertiary/aromatic N) is 1. The fourth-order valence-electron chi connectivity index (χ4n) is 3.51. The molecule has 4 nitrogen and oxygen atoms in total. The number of nitrogens with one attached hydrogen (secondary N) is 2. The van der Waals surface area contributed by atoms with E-state index in [1.165, 1.54) is 64.2 Å². The van der Waals surface area contributed by atoms with Gasteiger partial charge in [0.2, 0.25) is 0 Å². The van der Waals surface area contributed by atoms with E-state index in [4.69, 9.17) is 10.7 Å². The van der Waals surface area contributed by atoms with Crippen LogP contribution in [0.5, 0.6) is 0 Å². The van der Waals surface area contributed by atoms with Gasteiger partial charge in [-0.2, -0.15) is 0 Å². The minimum Gasteiger partial charge on any atom is -0.354 e. The van der Waals surface area contributed by atoms with Gasteiger partial charge in [-0.05, 0) is 32.1 Å². The summed E-state index contributed by atoms with van der Waals surface area (Å²) in [6.45, 7) is 2.17. The average molecular weight is 294 g/mol. The van der Waals surface area contributed by atoms with Gasteiger partial charge >= 0.3 is 0 Å². The molecule has 0 aromatic heterocycles. The molecule has 1 unspecified atom stereocenters. The van der Waals surface area contributed by atoms with Crippen molar-refractivity contribution in [3.63, 3.8) is 0 Å². The molecule has 0 spiro atoms. The molecule has 0 saturated heterocycles. The van der Waals surface area contributed by atoms with E-state index in [1.54, 1.807) is 0 Å². The average Bonchev–Trinajstić information content (AvgIpc) is 2.49. The van der Waals surface area contributed by atoms with Crippen molar-refractivity contribution in [3.8, 4) is 0 Å². The van der Waals surface area contributed by atoms with Crippen molar-refractivity contribution in [2.24, 2.45) is 10.7 Å². The summed E-state index contributed by atoms with van der Waals surface area (Å²) in [6, 6.07) is 1.08. The van der Waals surface area contributed by atoms with Crippen molar-refractivity contribution in [3.05, 3.63) is 0 Å². The van der Waals surface area contributed by atoms with Gasteiger partial charge in [0, 0.05) is 6.04 Å². The van der Waals surface area contributed by atoms with E-state index in [1.807, 2.05) is 0 Å². The second kappa shape index (κ2) is 9.29. The molecule has 2 aliphatic rings. The van der Waals surface area contributed by atoms with Gasteiger partial charge in [0.25, 0.3) is 0 Å². The highest BCUT2D eigenvalue weighted by Crippen LogP contribution is 2.21. The Balaban J connectivity index is 1.92. The normalized spacial score (nSPS) is 23.8. The molecule has 0 heterocycles. The Morgan fingerprint density at radius 3 is 2.29 bits per heavy atom. The first-order chi connectivity index (χ1) is 10.3. The maximum Gasteiger partial charge on any atom is 0.192 e. The summed E-state index contributed by atoms with van der Waals surface area (Å²) < 4.78 is 0. The summed E-state index contributed by atoms with van der Waals surface area (Å²) in [7, 11) is 0. The summed E-state index contributed by atoms with van der Waals surface area (Å²) in [5.41, 5.74) is 6.16. The van der Waals surface area contributed by atoms with E-state index in [-0.39, 0.29) is 6.17 Å². The summed E-state index contributed by atoms with van der Waals surface area (Å²) in [6.07, 6.45) is 15.2. The van der Waals surface area contributed by atoms with Crippen molar-refractivity contribution in [2.75, 3.05) is 0 Å². The predicted octanol–water partition coefficient (Wildman–Crippen LogP) is 3.27. The van der Waals surface area contributed by atoms with Crippen molar-refractivity contribution < 1.29 is 0 Å². The van der Waals surface area contributed by atoms with Crippen molar-refractivity contribution in [1.82, 2.24) is 10.6 Å². The highest BCUT2D eigenvalue weighted by Gasteiger charge is 2.18. The van der Waals surface area contributed by atoms with E-state index in [2.05, 4.69) is 17.6 Å². The van der Waals surface area contributed by atoms with Gasteiger partial charge in [0.1, 0.15) is 0 Å². The first-order valence-electron chi connectivity index (χ1n) is 9.14. The Labute approximate surface area is 130 Å². The third-order valence-corrected chi connectivity index (χ3v) is 4.75. The molecule has 2 rings (SSSR count). The second-order valence-electron chi connectivity index (χ2n) is 6.79. The third kappa shape index (κ3) is 6.25. The SMILES string of the molecule is CCCC(N)NC(=NC1CCCCC1)NC1CCCCC1. The second-order valence-corrected chi connectivity index (χ2v) is 6.79. The third-order valence-electron chi connectivity index (χ3n) is 4.75. The lowest BCUT2D eigenvalue weighted by molar-refractivity contribution is 0.401. The zero-order valence-corrected chi connectivity index (χ0v) is 13.7. The minimum atomic E-state index is 0.0217. The molecule has 0 aromatic rings. The van der Waals surface area contributed by atoms with Gasteiger partial charge in [-0.1, -0.05) is 51.9 Å². The van der Waals surface area contributed by atoms with Crippen LogP contribution in [-0.2, 0) is 0 Å². The van der Waals surface area contributed by atoms with Crippen LogP contribution in [0, 0.1) is 0 Å². The van der Waals surface area contributed by atoms with Crippen LogP contribution in [0.2, 0.25) is 0 Å². The Morgan fingerprint density at radius 1 is 1.05 bits per heavy atom. The van der Waals surface area contributed by atoms with Crippen LogP contribution in [0.1, 0.15) is 84.0 Å². The number of hydrogen-bond donors (Lipinski definition) is 3. The molecule has 0 amide bonds. The Bertz CT molecular complexity index is 304. The Morgan fingerprint density at radius 2 is 1.67 bits per heavy atom. The van der Waals surface area contributed by atoms with Gasteiger partial charge in [0.05, 0.1) is 12.2 Å². The van der Waals surface area contributed by atoms with Gasteiger partial charge in [-0.3, -0.25) is 0 Å². The van der Waals surface area contributed by atoms with Crippen LogP contribution in [0.15, 0.2) is 4.99 Å². The molecule has 2 aliphatic carbocycles. The summed E-state index contributed by atoms with van der Waals surface area (Å²) in [5.74, 6) is 0.967. The standard InChI is InChI=1S/C17H34N4/c1-2-9-16(18)21-17(19-14-10-5-3-6-11-14)20-15-12-7-4-8-13-15/h14-16H,2-13,18H2,1H3,(H2,19,20,21). The minimum absolute atomic E-state index is 0.0217. The first kappa shape index (κ1) is 16.6. The number of hydrogen-bond acceptors (Lipinski definition) is 2. The summed E-state index contributed by atoms with van der Waals surface area (Å²) in [5, 5.41) is 7.08. The van der Waals surface area contributed by atoms with E-state index in [9.17, 15) is 0 Å². The van der Waals surface area contributed by atoms with Crippen molar-refractivity contribution >= 4 is 5.96 Å². The molecule has 122 valence electrons. The highest BCUT2D eigenvalue weighted by atomic mass is 15.2. The largest absolute Gasteiger partial charge is 0.354 e. The molecule has 2 fully saturated rings. The number of aliphatic imine (C=N–C) groups is 1. The van der Waals surface area contributed by atoms with Gasteiger partial charge < -0.3 is 16.4 Å². The molecule has 1 atom stereocenters. The number of guanidine groups is 1. The van der Waals surface area contributed by atoms with Crippen molar-refractivity contribution in [2.45, 2.75) is 102 Å².